The van der Waals surface area contributed by atoms with Crippen molar-refractivity contribution >= 4 is 33.4 Å². The molecule has 2 fully saturated rings. The van der Waals surface area contributed by atoms with E-state index in [1.807, 2.05) is 0 Å². The normalized spacial score (nSPS) is 18.7. The predicted octanol–water partition coefficient (Wildman–Crippen LogP) is 1.91. The first kappa shape index (κ1) is 18.5. The molecule has 27 heavy (non-hydrogen) atoms. The number of amides is 1. The van der Waals surface area contributed by atoms with Crippen LogP contribution in [0.3, 0.4) is 0 Å². The van der Waals surface area contributed by atoms with E-state index in [-0.39, 0.29) is 11.3 Å². The smallest absolute Gasteiger partial charge is 0.255 e. The molecule has 146 valence electrons. The number of piperidine rings is 1. The van der Waals surface area contributed by atoms with Crippen LogP contribution in [-0.2, 0) is 4.74 Å². The maximum absolute atomic E-state index is 12.6. The Kier molecular flexibility index (Phi) is 5.75. The first-order chi connectivity index (χ1) is 13.2. The molecule has 2 aromatic heterocycles. The lowest BCUT2D eigenvalue weighted by Crippen LogP contribution is -2.41. The third-order valence-electron chi connectivity index (χ3n) is 5.16. The molecule has 2 aromatic rings. The zero-order valence-corrected chi connectivity index (χ0v) is 16.2. The van der Waals surface area contributed by atoms with Crippen LogP contribution in [0.4, 0.5) is 5.88 Å². The molecule has 0 spiro atoms. The largest absolute Gasteiger partial charge is 0.439 e. The van der Waals surface area contributed by atoms with Gasteiger partial charge in [-0.1, -0.05) is 0 Å². The highest BCUT2D eigenvalue weighted by Crippen LogP contribution is 2.28. The summed E-state index contributed by atoms with van der Waals surface area (Å²) in [6.45, 7) is 6.41. The van der Waals surface area contributed by atoms with Gasteiger partial charge in [0.15, 0.2) is 11.5 Å². The van der Waals surface area contributed by atoms with Crippen LogP contribution in [0.25, 0.3) is 10.3 Å². The third kappa shape index (κ3) is 4.17. The number of hydrogen-bond acceptors (Lipinski definition) is 7. The van der Waals surface area contributed by atoms with Gasteiger partial charge in [0, 0.05) is 50.7 Å². The number of ether oxygens (including phenoxy) is 1. The molecular weight excluding hydrogens is 366 g/mol. The van der Waals surface area contributed by atoms with E-state index in [0.29, 0.717) is 28.3 Å². The lowest BCUT2D eigenvalue weighted by molar-refractivity contribution is 0.0383. The fourth-order valence-corrected chi connectivity index (χ4v) is 4.49. The van der Waals surface area contributed by atoms with Crippen LogP contribution in [0.5, 0.6) is 0 Å². The SMILES string of the molecule is O=C(NCCN1CCOCC1)c1csc2c(=O)cc(N3CCCCC3)oc12. The Hall–Kier alpha value is -1.90. The van der Waals surface area contributed by atoms with Crippen molar-refractivity contribution in [3.8, 4) is 0 Å². The number of anilines is 1. The van der Waals surface area contributed by atoms with Gasteiger partial charge in [0.05, 0.1) is 18.8 Å². The minimum atomic E-state index is -0.187. The summed E-state index contributed by atoms with van der Waals surface area (Å²) in [5.74, 6) is 0.390. The summed E-state index contributed by atoms with van der Waals surface area (Å²) >= 11 is 1.27. The van der Waals surface area contributed by atoms with E-state index < -0.39 is 0 Å². The van der Waals surface area contributed by atoms with Crippen LogP contribution in [-0.4, -0.2) is 63.3 Å². The molecule has 0 aliphatic carbocycles. The van der Waals surface area contributed by atoms with Crippen molar-refractivity contribution in [1.82, 2.24) is 10.2 Å². The van der Waals surface area contributed by atoms with Gasteiger partial charge in [-0.05, 0) is 19.3 Å². The first-order valence-electron chi connectivity index (χ1n) is 9.61. The van der Waals surface area contributed by atoms with Crippen LogP contribution in [0.1, 0.15) is 29.6 Å². The standard InChI is InChI=1S/C19H25N3O4S/c23-15-12-16(22-5-2-1-3-6-22)26-17-14(13-27-18(15)17)19(24)20-4-7-21-8-10-25-11-9-21/h12-13H,1-11H2,(H,20,24). The van der Waals surface area contributed by atoms with Crippen molar-refractivity contribution in [3.05, 3.63) is 27.2 Å². The molecule has 4 heterocycles. The highest BCUT2D eigenvalue weighted by Gasteiger charge is 2.20. The Morgan fingerprint density at radius 1 is 1.15 bits per heavy atom. The van der Waals surface area contributed by atoms with Crippen molar-refractivity contribution in [2.24, 2.45) is 0 Å². The Balaban J connectivity index is 1.48. The molecule has 0 radical (unpaired) electrons. The van der Waals surface area contributed by atoms with Crippen LogP contribution in [0, 0.1) is 0 Å². The van der Waals surface area contributed by atoms with Gasteiger partial charge in [0.1, 0.15) is 4.70 Å². The molecule has 0 aromatic carbocycles. The second-order valence-electron chi connectivity index (χ2n) is 7.01. The molecule has 2 saturated heterocycles. The summed E-state index contributed by atoms with van der Waals surface area (Å²) in [7, 11) is 0. The highest BCUT2D eigenvalue weighted by atomic mass is 32.1. The second-order valence-corrected chi connectivity index (χ2v) is 7.89. The Labute approximate surface area is 161 Å². The van der Waals surface area contributed by atoms with Gasteiger partial charge < -0.3 is 19.4 Å². The van der Waals surface area contributed by atoms with Gasteiger partial charge in [-0.25, -0.2) is 0 Å². The zero-order valence-electron chi connectivity index (χ0n) is 15.4. The van der Waals surface area contributed by atoms with Gasteiger partial charge in [0.25, 0.3) is 5.91 Å². The van der Waals surface area contributed by atoms with Crippen molar-refractivity contribution in [3.63, 3.8) is 0 Å². The molecule has 4 rings (SSSR count). The molecule has 0 bridgehead atoms. The number of thiophene rings is 1. The topological polar surface area (TPSA) is 75.0 Å². The number of fused-ring (bicyclic) bond motifs is 1. The minimum absolute atomic E-state index is 0.0748. The second kappa shape index (κ2) is 8.41. The molecule has 7 nitrogen and oxygen atoms in total. The van der Waals surface area contributed by atoms with E-state index in [4.69, 9.17) is 9.15 Å². The predicted molar refractivity (Wildman–Crippen MR) is 106 cm³/mol. The van der Waals surface area contributed by atoms with E-state index in [2.05, 4.69) is 15.1 Å². The number of carbonyl (C=O) groups is 1. The monoisotopic (exact) mass is 391 g/mol. The van der Waals surface area contributed by atoms with Crippen molar-refractivity contribution in [2.75, 3.05) is 57.4 Å². The van der Waals surface area contributed by atoms with E-state index in [0.717, 1.165) is 58.8 Å². The molecule has 0 saturated carbocycles. The summed E-state index contributed by atoms with van der Waals surface area (Å²) in [5, 5.41) is 4.67. The maximum atomic E-state index is 12.6. The lowest BCUT2D eigenvalue weighted by atomic mass is 10.1. The average Bonchev–Trinajstić information content (AvgIpc) is 3.14. The van der Waals surface area contributed by atoms with Gasteiger partial charge in [0.2, 0.25) is 5.43 Å². The number of rotatable bonds is 5. The van der Waals surface area contributed by atoms with Crippen molar-refractivity contribution in [2.45, 2.75) is 19.3 Å². The molecule has 2 aliphatic rings. The van der Waals surface area contributed by atoms with Crippen LogP contribution in [0.15, 0.2) is 20.7 Å². The molecular formula is C19H25N3O4S. The van der Waals surface area contributed by atoms with Crippen LogP contribution in [0.2, 0.25) is 0 Å². The molecule has 1 N–H and O–H groups in total. The van der Waals surface area contributed by atoms with Gasteiger partial charge in [-0.2, -0.15) is 0 Å². The first-order valence-corrected chi connectivity index (χ1v) is 10.5. The molecule has 8 heteroatoms. The summed E-state index contributed by atoms with van der Waals surface area (Å²) < 4.78 is 11.9. The molecule has 2 aliphatic heterocycles. The highest BCUT2D eigenvalue weighted by molar-refractivity contribution is 7.17. The fraction of sp³-hybridized carbons (Fsp3) is 0.579. The van der Waals surface area contributed by atoms with Crippen LogP contribution >= 0.6 is 11.3 Å². The summed E-state index contributed by atoms with van der Waals surface area (Å²) in [6.07, 6.45) is 3.40. The molecule has 0 atom stereocenters. The number of morpholine rings is 1. The van der Waals surface area contributed by atoms with E-state index in [9.17, 15) is 9.59 Å². The Morgan fingerprint density at radius 2 is 1.93 bits per heavy atom. The van der Waals surface area contributed by atoms with Crippen LogP contribution < -0.4 is 15.6 Å². The van der Waals surface area contributed by atoms with Crippen molar-refractivity contribution in [1.29, 1.82) is 0 Å². The van der Waals surface area contributed by atoms with Gasteiger partial charge in [-0.15, -0.1) is 11.3 Å². The minimum Gasteiger partial charge on any atom is -0.439 e. The van der Waals surface area contributed by atoms with E-state index >= 15 is 0 Å². The Morgan fingerprint density at radius 3 is 2.70 bits per heavy atom. The number of hydrogen-bond donors (Lipinski definition) is 1. The lowest BCUT2D eigenvalue weighted by Gasteiger charge is -2.27. The number of nitrogens with zero attached hydrogens (tertiary/aromatic N) is 2. The zero-order chi connectivity index (χ0) is 18.6. The molecule has 1 amide bonds. The summed E-state index contributed by atoms with van der Waals surface area (Å²) in [5.41, 5.74) is 0.791. The Bertz CT molecular complexity index is 850. The number of carbonyl (C=O) groups excluding carboxylic acids is 1. The third-order valence-corrected chi connectivity index (χ3v) is 6.14. The average molecular weight is 391 g/mol. The number of nitrogens with one attached hydrogen (secondary N) is 1. The maximum Gasteiger partial charge on any atom is 0.255 e. The summed E-state index contributed by atoms with van der Waals surface area (Å²) in [6, 6.07) is 1.56. The van der Waals surface area contributed by atoms with E-state index in [1.54, 1.807) is 11.4 Å². The quantitative estimate of drug-likeness (QED) is 0.839. The summed E-state index contributed by atoms with van der Waals surface area (Å²) in [4.78, 5) is 29.5. The molecule has 0 unspecified atom stereocenters. The van der Waals surface area contributed by atoms with Crippen molar-refractivity contribution < 1.29 is 13.9 Å². The van der Waals surface area contributed by atoms with Gasteiger partial charge in [-0.3, -0.25) is 14.5 Å². The fourth-order valence-electron chi connectivity index (χ4n) is 3.60. The van der Waals surface area contributed by atoms with E-state index in [1.165, 1.54) is 17.8 Å². The van der Waals surface area contributed by atoms with Gasteiger partial charge >= 0.3 is 0 Å².